The van der Waals surface area contributed by atoms with E-state index in [4.69, 9.17) is 0 Å². The Hall–Kier alpha value is -1.29. The first-order valence-corrected chi connectivity index (χ1v) is 11.0. The molecule has 0 unspecified atom stereocenters. The lowest BCUT2D eigenvalue weighted by Crippen LogP contribution is -2.32. The summed E-state index contributed by atoms with van der Waals surface area (Å²) in [6.45, 7) is 7.50. The Balaban J connectivity index is 2.12. The van der Waals surface area contributed by atoms with E-state index in [0.717, 1.165) is 11.0 Å². The van der Waals surface area contributed by atoms with Gasteiger partial charge >= 0.3 is 0 Å². The van der Waals surface area contributed by atoms with E-state index in [1.54, 1.807) is 6.07 Å². The van der Waals surface area contributed by atoms with Gasteiger partial charge in [0.25, 0.3) is 0 Å². The van der Waals surface area contributed by atoms with Gasteiger partial charge < -0.3 is 0 Å². The highest BCUT2D eigenvalue weighted by molar-refractivity contribution is 7.92. The molecule has 1 fully saturated rings. The molecule has 1 aromatic carbocycles. The van der Waals surface area contributed by atoms with Crippen molar-refractivity contribution < 1.29 is 21.2 Å². The quantitative estimate of drug-likeness (QED) is 0.772. The van der Waals surface area contributed by atoms with Gasteiger partial charge in [-0.3, -0.25) is 0 Å². The van der Waals surface area contributed by atoms with Crippen molar-refractivity contribution in [2.24, 2.45) is 5.92 Å². The Kier molecular flexibility index (Phi) is 6.03. The zero-order valence-corrected chi connectivity index (χ0v) is 15.9. The fourth-order valence-corrected chi connectivity index (χ4v) is 4.86. The third-order valence-electron chi connectivity index (χ3n) is 4.28. The van der Waals surface area contributed by atoms with Crippen molar-refractivity contribution in [3.05, 3.63) is 41.6 Å². The molecular formula is C16H23FN2O4S2. The van der Waals surface area contributed by atoms with Gasteiger partial charge in [0.15, 0.2) is 0 Å². The van der Waals surface area contributed by atoms with E-state index in [9.17, 15) is 21.2 Å². The molecule has 0 spiro atoms. The molecule has 0 amide bonds. The smallest absolute Gasteiger partial charge is 0.211 e. The van der Waals surface area contributed by atoms with Crippen LogP contribution in [0.15, 0.2) is 35.1 Å². The van der Waals surface area contributed by atoms with E-state index in [1.165, 1.54) is 16.4 Å². The predicted molar refractivity (Wildman–Crippen MR) is 94.5 cm³/mol. The first-order valence-electron chi connectivity index (χ1n) is 7.98. The molecule has 0 bridgehead atoms. The molecule has 0 aliphatic carbocycles. The van der Waals surface area contributed by atoms with Gasteiger partial charge in [-0.1, -0.05) is 26.5 Å². The number of nitrogens with one attached hydrogen (secondary N) is 1. The summed E-state index contributed by atoms with van der Waals surface area (Å²) < 4.78 is 65.9. The second-order valence-electron chi connectivity index (χ2n) is 6.42. The molecule has 1 saturated heterocycles. The SMILES string of the molecule is C=CS(=O)(=O)NC[C@H]1CCN(S(=O)(=O)c2ccc(C(C)C)cc2F)C1. The van der Waals surface area contributed by atoms with E-state index in [1.807, 2.05) is 13.8 Å². The van der Waals surface area contributed by atoms with Gasteiger partial charge in [0.1, 0.15) is 10.7 Å². The third-order valence-corrected chi connectivity index (χ3v) is 7.19. The van der Waals surface area contributed by atoms with Crippen LogP contribution in [0, 0.1) is 11.7 Å². The molecule has 1 heterocycles. The van der Waals surface area contributed by atoms with Gasteiger partial charge in [-0.25, -0.2) is 25.9 Å². The van der Waals surface area contributed by atoms with Gasteiger partial charge in [0.05, 0.1) is 0 Å². The molecular weight excluding hydrogens is 367 g/mol. The topological polar surface area (TPSA) is 83.6 Å². The van der Waals surface area contributed by atoms with Crippen LogP contribution in [-0.2, 0) is 20.0 Å². The number of nitrogens with zero attached hydrogens (tertiary/aromatic N) is 1. The van der Waals surface area contributed by atoms with Crippen LogP contribution >= 0.6 is 0 Å². The predicted octanol–water partition coefficient (Wildman–Crippen LogP) is 2.02. The van der Waals surface area contributed by atoms with Crippen molar-refractivity contribution in [2.45, 2.75) is 31.1 Å². The maximum Gasteiger partial charge on any atom is 0.245 e. The molecule has 1 aliphatic rings. The maximum atomic E-state index is 14.3. The number of hydrogen-bond donors (Lipinski definition) is 1. The standard InChI is InChI=1S/C16H23FN2O4S2/c1-4-24(20,21)18-10-13-7-8-19(11-13)25(22,23)16-6-5-14(12(2)3)9-15(16)17/h4-6,9,12-13,18H,1,7-8,10-11H2,2-3H3/t13-/m1/s1. The van der Waals surface area contributed by atoms with Crippen molar-refractivity contribution in [3.8, 4) is 0 Å². The molecule has 1 atom stereocenters. The molecule has 2 rings (SSSR count). The zero-order chi connectivity index (χ0) is 18.8. The normalized spacial score (nSPS) is 19.4. The van der Waals surface area contributed by atoms with Gasteiger partial charge in [-0.2, -0.15) is 4.31 Å². The van der Waals surface area contributed by atoms with Crippen molar-refractivity contribution >= 4 is 20.0 Å². The lowest BCUT2D eigenvalue weighted by atomic mass is 10.0. The van der Waals surface area contributed by atoms with E-state index < -0.39 is 25.9 Å². The van der Waals surface area contributed by atoms with Gasteiger partial charge in [0, 0.05) is 25.0 Å². The second-order valence-corrected chi connectivity index (χ2v) is 10.0. The van der Waals surface area contributed by atoms with Crippen LogP contribution in [0.2, 0.25) is 0 Å². The summed E-state index contributed by atoms with van der Waals surface area (Å²) >= 11 is 0. The maximum absolute atomic E-state index is 14.3. The molecule has 0 radical (unpaired) electrons. The summed E-state index contributed by atoms with van der Waals surface area (Å²) in [6.07, 6.45) is 0.505. The Morgan fingerprint density at radius 3 is 2.60 bits per heavy atom. The fourth-order valence-electron chi connectivity index (χ4n) is 2.70. The highest BCUT2D eigenvalue weighted by Crippen LogP contribution is 2.27. The number of sulfonamides is 2. The molecule has 1 aliphatic heterocycles. The Morgan fingerprint density at radius 2 is 2.04 bits per heavy atom. The van der Waals surface area contributed by atoms with E-state index in [2.05, 4.69) is 11.3 Å². The van der Waals surface area contributed by atoms with Gasteiger partial charge in [-0.15, -0.1) is 0 Å². The van der Waals surface area contributed by atoms with Gasteiger partial charge in [0.2, 0.25) is 20.0 Å². The minimum absolute atomic E-state index is 0.0975. The summed E-state index contributed by atoms with van der Waals surface area (Å²) in [5, 5.41) is 0.808. The average Bonchev–Trinajstić information content (AvgIpc) is 3.02. The summed E-state index contributed by atoms with van der Waals surface area (Å²) in [6, 6.07) is 4.17. The van der Waals surface area contributed by atoms with Crippen LogP contribution in [0.25, 0.3) is 0 Å². The van der Waals surface area contributed by atoms with E-state index >= 15 is 0 Å². The Morgan fingerprint density at radius 1 is 1.36 bits per heavy atom. The molecule has 25 heavy (non-hydrogen) atoms. The molecule has 6 nitrogen and oxygen atoms in total. The Labute approximate surface area is 148 Å². The van der Waals surface area contributed by atoms with E-state index in [0.29, 0.717) is 6.42 Å². The highest BCUT2D eigenvalue weighted by atomic mass is 32.2. The van der Waals surface area contributed by atoms with Crippen LogP contribution in [0.5, 0.6) is 0 Å². The van der Waals surface area contributed by atoms with Crippen molar-refractivity contribution in [1.29, 1.82) is 0 Å². The number of hydrogen-bond acceptors (Lipinski definition) is 4. The molecule has 0 saturated carbocycles. The van der Waals surface area contributed by atoms with Crippen molar-refractivity contribution in [3.63, 3.8) is 0 Å². The number of benzene rings is 1. The van der Waals surface area contributed by atoms with Crippen molar-refractivity contribution in [2.75, 3.05) is 19.6 Å². The lowest BCUT2D eigenvalue weighted by molar-refractivity contribution is 0.449. The minimum atomic E-state index is -3.94. The fraction of sp³-hybridized carbons (Fsp3) is 0.500. The monoisotopic (exact) mass is 390 g/mol. The Bertz CT molecular complexity index is 851. The van der Waals surface area contributed by atoms with Gasteiger partial charge in [-0.05, 0) is 36.0 Å². The van der Waals surface area contributed by atoms with Crippen molar-refractivity contribution in [1.82, 2.24) is 9.03 Å². The zero-order valence-electron chi connectivity index (χ0n) is 14.3. The first-order chi connectivity index (χ1) is 11.6. The second kappa shape index (κ2) is 7.53. The minimum Gasteiger partial charge on any atom is -0.211 e. The first kappa shape index (κ1) is 20.0. The summed E-state index contributed by atoms with van der Waals surface area (Å²) in [5.41, 5.74) is 0.731. The van der Waals surface area contributed by atoms with Crippen LogP contribution in [0.1, 0.15) is 31.7 Å². The van der Waals surface area contributed by atoms with Crippen LogP contribution < -0.4 is 4.72 Å². The number of rotatable bonds is 7. The summed E-state index contributed by atoms with van der Waals surface area (Å²) in [5.74, 6) is -0.829. The van der Waals surface area contributed by atoms with Crippen LogP contribution in [-0.4, -0.2) is 40.8 Å². The third kappa shape index (κ3) is 4.66. The van der Waals surface area contributed by atoms with Crippen LogP contribution in [0.3, 0.4) is 0 Å². The summed E-state index contributed by atoms with van der Waals surface area (Å²) in [7, 11) is -7.49. The lowest BCUT2D eigenvalue weighted by Gasteiger charge is -2.18. The van der Waals surface area contributed by atoms with E-state index in [-0.39, 0.29) is 36.4 Å². The summed E-state index contributed by atoms with van der Waals surface area (Å²) in [4.78, 5) is -0.343. The molecule has 1 aromatic rings. The average molecular weight is 391 g/mol. The number of halogens is 1. The molecule has 1 N–H and O–H groups in total. The molecule has 9 heteroatoms. The highest BCUT2D eigenvalue weighted by Gasteiger charge is 2.34. The molecule has 140 valence electrons. The largest absolute Gasteiger partial charge is 0.245 e. The molecule has 0 aromatic heterocycles. The van der Waals surface area contributed by atoms with Crippen LogP contribution in [0.4, 0.5) is 4.39 Å².